The van der Waals surface area contributed by atoms with Crippen molar-refractivity contribution >= 4 is 23.1 Å². The number of aliphatic hydroxyl groups excluding tert-OH is 1. The van der Waals surface area contributed by atoms with Crippen molar-refractivity contribution in [1.29, 1.82) is 0 Å². The average Bonchev–Trinajstić information content (AvgIpc) is 3.43. The first kappa shape index (κ1) is 28.6. The van der Waals surface area contributed by atoms with Gasteiger partial charge in [-0.15, -0.1) is 0 Å². The van der Waals surface area contributed by atoms with Crippen LogP contribution in [0.4, 0.5) is 17.2 Å². The van der Waals surface area contributed by atoms with E-state index in [-0.39, 0.29) is 18.1 Å². The van der Waals surface area contributed by atoms with Crippen molar-refractivity contribution in [2.45, 2.75) is 57.6 Å². The minimum Gasteiger partial charge on any atom is -0.392 e. The minimum absolute atomic E-state index is 0.0323. The first-order valence-corrected chi connectivity index (χ1v) is 15.8. The van der Waals surface area contributed by atoms with Gasteiger partial charge in [0.1, 0.15) is 17.2 Å². The van der Waals surface area contributed by atoms with Gasteiger partial charge in [-0.25, -0.2) is 4.98 Å². The van der Waals surface area contributed by atoms with Gasteiger partial charge in [0.25, 0.3) is 11.5 Å². The molecule has 3 aromatic heterocycles. The van der Waals surface area contributed by atoms with Crippen LogP contribution in [0.15, 0.2) is 59.7 Å². The molecule has 0 radical (unpaired) electrons. The monoisotopic (exact) mass is 592 g/mol. The molecule has 0 spiro atoms. The normalized spacial score (nSPS) is 17.4. The fraction of sp³-hybridized carbons (Fsp3) is 0.400. The molecule has 1 amide bonds. The summed E-state index contributed by atoms with van der Waals surface area (Å²) in [5.74, 6) is 1.08. The van der Waals surface area contributed by atoms with E-state index in [1.54, 1.807) is 22.7 Å². The number of benzene rings is 1. The standard InChI is InChI=1S/C35H40N6O3/c1-38-14-12-23(13-15-38)25-10-11-33(36-20-25)37-29-18-26(21-39(2)34(29)43)27-7-5-9-31(28(27)22-42)41-17-16-40-30-8-4-3-6-24(30)19-32(40)35(41)44/h5,7,9-11,18-21,23,42H,3-4,6,8,12-17,22H2,1-2H3,(H,36,37). The molecule has 1 aromatic carbocycles. The molecule has 0 atom stereocenters. The molecule has 3 aliphatic rings. The summed E-state index contributed by atoms with van der Waals surface area (Å²) in [6.45, 7) is 3.22. The Bertz CT molecular complexity index is 1760. The molecule has 9 nitrogen and oxygen atoms in total. The van der Waals surface area contributed by atoms with Gasteiger partial charge in [0, 0.05) is 49.4 Å². The number of piperidine rings is 1. The van der Waals surface area contributed by atoms with Crippen LogP contribution in [0.5, 0.6) is 0 Å². The fourth-order valence-electron chi connectivity index (χ4n) is 7.28. The van der Waals surface area contributed by atoms with E-state index >= 15 is 0 Å². The van der Waals surface area contributed by atoms with Crippen molar-refractivity contribution < 1.29 is 9.90 Å². The van der Waals surface area contributed by atoms with Gasteiger partial charge in [-0.3, -0.25) is 9.59 Å². The van der Waals surface area contributed by atoms with Gasteiger partial charge in [0.05, 0.1) is 12.3 Å². The lowest BCUT2D eigenvalue weighted by molar-refractivity contribution is 0.0964. The van der Waals surface area contributed by atoms with E-state index in [1.165, 1.54) is 29.7 Å². The topological polar surface area (TPSA) is 95.6 Å². The maximum Gasteiger partial charge on any atom is 0.274 e. The predicted octanol–water partition coefficient (Wildman–Crippen LogP) is 4.83. The molecule has 0 saturated carbocycles. The zero-order valence-corrected chi connectivity index (χ0v) is 25.6. The number of aliphatic hydroxyl groups is 1. The largest absolute Gasteiger partial charge is 0.392 e. The van der Waals surface area contributed by atoms with Gasteiger partial charge < -0.3 is 29.4 Å². The summed E-state index contributed by atoms with van der Waals surface area (Å²) in [7, 11) is 3.88. The van der Waals surface area contributed by atoms with Crippen molar-refractivity contribution in [2.24, 2.45) is 7.05 Å². The molecule has 7 rings (SSSR count). The van der Waals surface area contributed by atoms with Crippen LogP contribution in [0.25, 0.3) is 11.1 Å². The van der Waals surface area contributed by atoms with Crippen molar-refractivity contribution in [3.63, 3.8) is 0 Å². The molecule has 5 heterocycles. The number of amides is 1. The highest BCUT2D eigenvalue weighted by molar-refractivity contribution is 6.07. The molecule has 2 aliphatic heterocycles. The summed E-state index contributed by atoms with van der Waals surface area (Å²) in [6, 6.07) is 13.7. The lowest BCUT2D eigenvalue weighted by Gasteiger charge is -2.31. The van der Waals surface area contributed by atoms with Gasteiger partial charge in [-0.05, 0) is 106 Å². The van der Waals surface area contributed by atoms with Crippen molar-refractivity contribution in [3.8, 4) is 11.1 Å². The van der Waals surface area contributed by atoms with Crippen LogP contribution in [0, 0.1) is 0 Å². The molecule has 1 saturated heterocycles. The quantitative estimate of drug-likeness (QED) is 0.333. The second kappa shape index (κ2) is 11.7. The molecular weight excluding hydrogens is 552 g/mol. The Morgan fingerprint density at radius 2 is 1.80 bits per heavy atom. The minimum atomic E-state index is -0.238. The number of pyridine rings is 2. The summed E-state index contributed by atoms with van der Waals surface area (Å²) in [5, 5.41) is 13.9. The molecular formula is C35H40N6O3. The van der Waals surface area contributed by atoms with Crippen LogP contribution in [-0.4, -0.2) is 56.7 Å². The summed E-state index contributed by atoms with van der Waals surface area (Å²) in [4.78, 5) is 35.8. The van der Waals surface area contributed by atoms with E-state index in [4.69, 9.17) is 0 Å². The molecule has 44 heavy (non-hydrogen) atoms. The maximum absolute atomic E-state index is 13.8. The van der Waals surface area contributed by atoms with E-state index in [0.717, 1.165) is 62.1 Å². The van der Waals surface area contributed by atoms with Crippen LogP contribution < -0.4 is 15.8 Å². The van der Waals surface area contributed by atoms with Crippen LogP contribution in [-0.2, 0) is 33.0 Å². The Balaban J connectivity index is 1.18. The molecule has 2 N–H and O–H groups in total. The van der Waals surface area contributed by atoms with Crippen LogP contribution in [0.2, 0.25) is 0 Å². The van der Waals surface area contributed by atoms with Gasteiger partial charge in [-0.1, -0.05) is 18.2 Å². The van der Waals surface area contributed by atoms with E-state index in [2.05, 4.69) is 38.9 Å². The fourth-order valence-corrected chi connectivity index (χ4v) is 7.28. The molecule has 9 heteroatoms. The SMILES string of the molecule is CN1CCC(c2ccc(Nc3cc(-c4cccc(N5CCn6c(cc7c6CCCC7)C5=O)c4CO)cn(C)c3=O)nc2)CC1. The first-order chi connectivity index (χ1) is 21.4. The Labute approximate surface area is 257 Å². The zero-order valence-electron chi connectivity index (χ0n) is 25.6. The number of carbonyl (C=O) groups excluding carboxylic acids is 1. The number of rotatable bonds is 6. The third-order valence-corrected chi connectivity index (χ3v) is 9.75. The molecule has 228 valence electrons. The summed E-state index contributed by atoms with van der Waals surface area (Å²) in [6.07, 6.45) is 10.3. The van der Waals surface area contributed by atoms with Gasteiger partial charge in [-0.2, -0.15) is 0 Å². The number of carbonyl (C=O) groups is 1. The van der Waals surface area contributed by atoms with Gasteiger partial charge >= 0.3 is 0 Å². The van der Waals surface area contributed by atoms with Crippen molar-refractivity contribution in [3.05, 3.63) is 93.3 Å². The highest BCUT2D eigenvalue weighted by Gasteiger charge is 2.31. The number of likely N-dealkylation sites (tertiary alicyclic amines) is 1. The number of aryl methyl sites for hydroxylation is 2. The number of aromatic nitrogens is 3. The maximum atomic E-state index is 13.8. The summed E-state index contributed by atoms with van der Waals surface area (Å²) in [5.41, 5.74) is 7.72. The number of anilines is 3. The number of nitrogens with zero attached hydrogens (tertiary/aromatic N) is 5. The van der Waals surface area contributed by atoms with E-state index in [9.17, 15) is 14.7 Å². The highest BCUT2D eigenvalue weighted by atomic mass is 16.3. The second-order valence-electron chi connectivity index (χ2n) is 12.5. The van der Waals surface area contributed by atoms with E-state index in [0.29, 0.717) is 35.2 Å². The molecule has 4 aromatic rings. The van der Waals surface area contributed by atoms with Crippen LogP contribution in [0.1, 0.15) is 64.5 Å². The number of hydrogen-bond acceptors (Lipinski definition) is 6. The first-order valence-electron chi connectivity index (χ1n) is 15.8. The van der Waals surface area contributed by atoms with Crippen molar-refractivity contribution in [2.75, 3.05) is 36.9 Å². The summed E-state index contributed by atoms with van der Waals surface area (Å²) >= 11 is 0. The Morgan fingerprint density at radius 1 is 0.977 bits per heavy atom. The number of nitrogens with one attached hydrogen (secondary N) is 1. The second-order valence-corrected chi connectivity index (χ2v) is 12.5. The van der Waals surface area contributed by atoms with Gasteiger partial charge in [0.15, 0.2) is 0 Å². The Hall–Kier alpha value is -4.21. The van der Waals surface area contributed by atoms with Crippen molar-refractivity contribution in [1.82, 2.24) is 19.0 Å². The Kier molecular flexibility index (Phi) is 7.60. The number of hydrogen-bond donors (Lipinski definition) is 2. The molecule has 0 bridgehead atoms. The highest BCUT2D eigenvalue weighted by Crippen LogP contribution is 2.36. The average molecular weight is 593 g/mol. The van der Waals surface area contributed by atoms with Gasteiger partial charge in [0.2, 0.25) is 0 Å². The Morgan fingerprint density at radius 3 is 2.57 bits per heavy atom. The molecule has 1 fully saturated rings. The molecule has 0 unspecified atom stereocenters. The van der Waals surface area contributed by atoms with E-state index in [1.807, 2.05) is 36.5 Å². The van der Waals surface area contributed by atoms with Crippen LogP contribution in [0.3, 0.4) is 0 Å². The molecule has 1 aliphatic carbocycles. The lowest BCUT2D eigenvalue weighted by Crippen LogP contribution is -2.41. The van der Waals surface area contributed by atoms with E-state index < -0.39 is 0 Å². The smallest absolute Gasteiger partial charge is 0.274 e. The van der Waals surface area contributed by atoms with Crippen LogP contribution >= 0.6 is 0 Å². The zero-order chi connectivity index (χ0) is 30.4. The number of fused-ring (bicyclic) bond motifs is 3. The predicted molar refractivity (Wildman–Crippen MR) is 173 cm³/mol. The third kappa shape index (κ3) is 5.14. The summed E-state index contributed by atoms with van der Waals surface area (Å²) < 4.78 is 3.75. The lowest BCUT2D eigenvalue weighted by atomic mass is 9.91. The third-order valence-electron chi connectivity index (χ3n) is 9.75.